The lowest BCUT2D eigenvalue weighted by molar-refractivity contribution is 0.116. The zero-order chi connectivity index (χ0) is 16.5. The Kier molecular flexibility index (Phi) is 7.74. The van der Waals surface area contributed by atoms with Gasteiger partial charge in [-0.15, -0.1) is 5.10 Å². The standard InChI is InChI=1S/C15H20Cl2N4O2/c16-13-7-6-11(12(15(13)17)4-3-8-22)10-23-9-2-1-5-14-18-20-21-19-14/h6-7,22H,1-5,8-10H2,(H,18,19,20,21). The first-order chi connectivity index (χ1) is 11.2. The molecule has 0 fully saturated rings. The smallest absolute Gasteiger partial charge is 0.148 e. The van der Waals surface area contributed by atoms with E-state index in [9.17, 15) is 0 Å². The molecule has 0 radical (unpaired) electrons. The van der Waals surface area contributed by atoms with Crippen LogP contribution in [0.4, 0.5) is 0 Å². The number of aryl methyl sites for hydroxylation is 1. The van der Waals surface area contributed by atoms with Gasteiger partial charge in [0.15, 0.2) is 0 Å². The van der Waals surface area contributed by atoms with Crippen molar-refractivity contribution in [3.8, 4) is 0 Å². The van der Waals surface area contributed by atoms with Crippen molar-refractivity contribution in [3.05, 3.63) is 39.1 Å². The van der Waals surface area contributed by atoms with Crippen LogP contribution in [-0.4, -0.2) is 38.9 Å². The second kappa shape index (κ2) is 9.82. The number of aromatic nitrogens is 4. The molecule has 0 aliphatic rings. The number of ether oxygens (including phenoxy) is 1. The first kappa shape index (κ1) is 18.1. The fraction of sp³-hybridized carbons (Fsp3) is 0.533. The Bertz CT molecular complexity index is 593. The van der Waals surface area contributed by atoms with E-state index < -0.39 is 0 Å². The van der Waals surface area contributed by atoms with Crippen LogP contribution in [-0.2, 0) is 24.2 Å². The maximum atomic E-state index is 9.01. The average Bonchev–Trinajstić information content (AvgIpc) is 3.06. The number of hydrogen-bond donors (Lipinski definition) is 2. The van der Waals surface area contributed by atoms with Crippen molar-refractivity contribution < 1.29 is 9.84 Å². The number of hydrogen-bond acceptors (Lipinski definition) is 5. The molecule has 1 heterocycles. The molecule has 6 nitrogen and oxygen atoms in total. The van der Waals surface area contributed by atoms with Crippen LogP contribution < -0.4 is 0 Å². The molecule has 0 bridgehead atoms. The van der Waals surface area contributed by atoms with Crippen molar-refractivity contribution in [1.82, 2.24) is 20.6 Å². The van der Waals surface area contributed by atoms with Gasteiger partial charge >= 0.3 is 0 Å². The maximum Gasteiger partial charge on any atom is 0.148 e. The van der Waals surface area contributed by atoms with Gasteiger partial charge in [-0.25, -0.2) is 5.10 Å². The molecule has 23 heavy (non-hydrogen) atoms. The summed E-state index contributed by atoms with van der Waals surface area (Å²) in [6, 6.07) is 3.71. The topological polar surface area (TPSA) is 83.9 Å². The zero-order valence-corrected chi connectivity index (χ0v) is 14.3. The van der Waals surface area contributed by atoms with E-state index in [0.29, 0.717) is 36.1 Å². The third kappa shape index (κ3) is 5.73. The third-order valence-electron chi connectivity index (χ3n) is 3.48. The number of rotatable bonds is 10. The van der Waals surface area contributed by atoms with Gasteiger partial charge in [0, 0.05) is 19.6 Å². The summed E-state index contributed by atoms with van der Waals surface area (Å²) >= 11 is 12.3. The van der Waals surface area contributed by atoms with Gasteiger partial charge in [-0.1, -0.05) is 29.3 Å². The van der Waals surface area contributed by atoms with Crippen LogP contribution in [0.2, 0.25) is 10.0 Å². The normalized spacial score (nSPS) is 11.1. The van der Waals surface area contributed by atoms with Crippen LogP contribution in [0.5, 0.6) is 0 Å². The van der Waals surface area contributed by atoms with E-state index in [1.165, 1.54) is 0 Å². The molecule has 0 atom stereocenters. The highest BCUT2D eigenvalue weighted by atomic mass is 35.5. The SMILES string of the molecule is OCCCc1c(COCCCCc2nnn[nH]2)ccc(Cl)c1Cl. The number of H-pyrrole nitrogens is 1. The molecule has 8 heteroatoms. The van der Waals surface area contributed by atoms with Crippen molar-refractivity contribution in [2.75, 3.05) is 13.2 Å². The van der Waals surface area contributed by atoms with E-state index in [2.05, 4.69) is 20.6 Å². The number of halogens is 2. The molecular weight excluding hydrogens is 339 g/mol. The molecule has 2 N–H and O–H groups in total. The van der Waals surface area contributed by atoms with Crippen molar-refractivity contribution >= 4 is 23.2 Å². The summed E-state index contributed by atoms with van der Waals surface area (Å²) in [6.07, 6.45) is 4.03. The monoisotopic (exact) mass is 358 g/mol. The van der Waals surface area contributed by atoms with Gasteiger partial charge < -0.3 is 9.84 Å². The molecule has 126 valence electrons. The minimum Gasteiger partial charge on any atom is -0.396 e. The van der Waals surface area contributed by atoms with Crippen LogP contribution in [0.25, 0.3) is 0 Å². The molecule has 0 aliphatic carbocycles. The van der Waals surface area contributed by atoms with Crippen LogP contribution in [0.1, 0.15) is 36.2 Å². The van der Waals surface area contributed by atoms with Gasteiger partial charge in [0.05, 0.1) is 16.7 Å². The number of aliphatic hydroxyl groups is 1. The lowest BCUT2D eigenvalue weighted by atomic mass is 10.0. The van der Waals surface area contributed by atoms with E-state index in [4.69, 9.17) is 33.0 Å². The minimum absolute atomic E-state index is 0.125. The zero-order valence-electron chi connectivity index (χ0n) is 12.8. The molecule has 0 saturated carbocycles. The van der Waals surface area contributed by atoms with Gasteiger partial charge in [0.2, 0.25) is 0 Å². The second-order valence-electron chi connectivity index (χ2n) is 5.18. The first-order valence-electron chi connectivity index (χ1n) is 7.59. The van der Waals surface area contributed by atoms with E-state index in [1.54, 1.807) is 6.07 Å². The van der Waals surface area contributed by atoms with Crippen LogP contribution in [0.3, 0.4) is 0 Å². The third-order valence-corrected chi connectivity index (χ3v) is 4.32. The number of aliphatic hydroxyl groups excluding tert-OH is 1. The van der Waals surface area contributed by atoms with Crippen LogP contribution in [0.15, 0.2) is 12.1 Å². The summed E-state index contributed by atoms with van der Waals surface area (Å²) < 4.78 is 5.73. The summed E-state index contributed by atoms with van der Waals surface area (Å²) in [4.78, 5) is 0. The average molecular weight is 359 g/mol. The van der Waals surface area contributed by atoms with Gasteiger partial charge in [-0.3, -0.25) is 0 Å². The van der Waals surface area contributed by atoms with Crippen LogP contribution in [0, 0.1) is 0 Å². The summed E-state index contributed by atoms with van der Waals surface area (Å²) in [6.45, 7) is 1.27. The summed E-state index contributed by atoms with van der Waals surface area (Å²) in [5.41, 5.74) is 1.98. The fourth-order valence-electron chi connectivity index (χ4n) is 2.26. The maximum absolute atomic E-state index is 9.01. The largest absolute Gasteiger partial charge is 0.396 e. The van der Waals surface area contributed by atoms with Crippen molar-refractivity contribution in [3.63, 3.8) is 0 Å². The highest BCUT2D eigenvalue weighted by Crippen LogP contribution is 2.30. The Balaban J connectivity index is 1.77. The Morgan fingerprint density at radius 3 is 2.74 bits per heavy atom. The highest BCUT2D eigenvalue weighted by molar-refractivity contribution is 6.42. The molecule has 0 spiro atoms. The molecule has 0 aliphatic heterocycles. The Labute approximate surface area is 145 Å². The van der Waals surface area contributed by atoms with E-state index in [0.717, 1.165) is 36.2 Å². The number of nitrogens with one attached hydrogen (secondary N) is 1. The summed E-state index contributed by atoms with van der Waals surface area (Å²) in [7, 11) is 0. The van der Waals surface area contributed by atoms with E-state index in [-0.39, 0.29) is 6.61 Å². The second-order valence-corrected chi connectivity index (χ2v) is 5.97. The Hall–Kier alpha value is -1.21. The molecule has 2 rings (SSSR count). The first-order valence-corrected chi connectivity index (χ1v) is 8.35. The molecule has 0 amide bonds. The number of benzene rings is 1. The van der Waals surface area contributed by atoms with Crippen LogP contribution >= 0.6 is 23.2 Å². The lowest BCUT2D eigenvalue weighted by Gasteiger charge is -2.13. The van der Waals surface area contributed by atoms with Gasteiger partial charge in [0.1, 0.15) is 5.82 Å². The van der Waals surface area contributed by atoms with Crippen molar-refractivity contribution in [2.45, 2.75) is 38.7 Å². The van der Waals surface area contributed by atoms with E-state index >= 15 is 0 Å². The quantitative estimate of drug-likeness (QED) is 0.637. The number of nitrogens with zero attached hydrogens (tertiary/aromatic N) is 3. The molecule has 1 aromatic heterocycles. The lowest BCUT2D eigenvalue weighted by Crippen LogP contribution is -2.02. The highest BCUT2D eigenvalue weighted by Gasteiger charge is 2.10. The van der Waals surface area contributed by atoms with Gasteiger partial charge in [0.25, 0.3) is 0 Å². The van der Waals surface area contributed by atoms with Gasteiger partial charge in [-0.2, -0.15) is 0 Å². The predicted octanol–water partition coefficient (Wildman–Crippen LogP) is 2.97. The predicted molar refractivity (Wildman–Crippen MR) is 88.6 cm³/mol. The molecule has 2 aromatic rings. The molecule has 0 saturated heterocycles. The Morgan fingerprint density at radius 1 is 1.13 bits per heavy atom. The molecule has 0 unspecified atom stereocenters. The Morgan fingerprint density at radius 2 is 2.00 bits per heavy atom. The summed E-state index contributed by atoms with van der Waals surface area (Å²) in [5.74, 6) is 0.792. The number of unbranched alkanes of at least 4 members (excludes halogenated alkanes) is 1. The summed E-state index contributed by atoms with van der Waals surface area (Å²) in [5, 5.41) is 23.7. The fourth-order valence-corrected chi connectivity index (χ4v) is 2.71. The van der Waals surface area contributed by atoms with Crippen molar-refractivity contribution in [2.24, 2.45) is 0 Å². The number of aromatic amines is 1. The molecule has 1 aromatic carbocycles. The number of tetrazole rings is 1. The van der Waals surface area contributed by atoms with Gasteiger partial charge in [-0.05, 0) is 53.3 Å². The molecular formula is C15H20Cl2N4O2. The minimum atomic E-state index is 0.125. The van der Waals surface area contributed by atoms with E-state index in [1.807, 2.05) is 6.07 Å². The van der Waals surface area contributed by atoms with Crippen molar-refractivity contribution in [1.29, 1.82) is 0 Å².